The standard InChI is InChI=1S/C13H24N2OS/c1-12(2)10-15(7-8-17-12)11(16)13(3)5-4-6-14-9-13/h14H,4-10H2,1-3H3. The van der Waals surface area contributed by atoms with Crippen LogP contribution in [0.25, 0.3) is 0 Å². The van der Waals surface area contributed by atoms with Gasteiger partial charge in [-0.05, 0) is 40.2 Å². The summed E-state index contributed by atoms with van der Waals surface area (Å²) in [5, 5.41) is 3.36. The molecule has 2 rings (SSSR count). The molecular weight excluding hydrogens is 232 g/mol. The summed E-state index contributed by atoms with van der Waals surface area (Å²) in [7, 11) is 0. The molecule has 2 aliphatic heterocycles. The van der Waals surface area contributed by atoms with Crippen LogP contribution < -0.4 is 5.32 Å². The summed E-state index contributed by atoms with van der Waals surface area (Å²) in [6, 6.07) is 0. The van der Waals surface area contributed by atoms with Gasteiger partial charge in [-0.15, -0.1) is 0 Å². The minimum Gasteiger partial charge on any atom is -0.340 e. The average Bonchev–Trinajstić information content (AvgIpc) is 2.27. The number of nitrogens with one attached hydrogen (secondary N) is 1. The summed E-state index contributed by atoms with van der Waals surface area (Å²) in [6.45, 7) is 10.3. The first-order chi connectivity index (χ1) is 7.93. The van der Waals surface area contributed by atoms with Gasteiger partial charge in [0.1, 0.15) is 0 Å². The van der Waals surface area contributed by atoms with Crippen molar-refractivity contribution in [3.8, 4) is 0 Å². The van der Waals surface area contributed by atoms with Gasteiger partial charge in [-0.25, -0.2) is 0 Å². The van der Waals surface area contributed by atoms with Gasteiger partial charge < -0.3 is 10.2 Å². The van der Waals surface area contributed by atoms with Crippen LogP contribution in [0.5, 0.6) is 0 Å². The number of nitrogens with zero attached hydrogens (tertiary/aromatic N) is 1. The van der Waals surface area contributed by atoms with Crippen LogP contribution in [0.15, 0.2) is 0 Å². The molecule has 0 aromatic heterocycles. The van der Waals surface area contributed by atoms with E-state index in [9.17, 15) is 4.79 Å². The zero-order valence-electron chi connectivity index (χ0n) is 11.2. The molecule has 2 aliphatic rings. The molecule has 2 saturated heterocycles. The monoisotopic (exact) mass is 256 g/mol. The van der Waals surface area contributed by atoms with Gasteiger partial charge in [0.05, 0.1) is 5.41 Å². The Bertz CT molecular complexity index is 298. The zero-order chi connectivity index (χ0) is 12.5. The van der Waals surface area contributed by atoms with E-state index in [1.807, 2.05) is 11.8 Å². The topological polar surface area (TPSA) is 32.3 Å². The van der Waals surface area contributed by atoms with Crippen LogP contribution in [0.2, 0.25) is 0 Å². The van der Waals surface area contributed by atoms with Gasteiger partial charge in [0, 0.05) is 30.1 Å². The van der Waals surface area contributed by atoms with Crippen molar-refractivity contribution >= 4 is 17.7 Å². The van der Waals surface area contributed by atoms with E-state index in [0.717, 1.165) is 44.8 Å². The van der Waals surface area contributed by atoms with Crippen LogP contribution in [0.4, 0.5) is 0 Å². The lowest BCUT2D eigenvalue weighted by Crippen LogP contribution is -2.55. The van der Waals surface area contributed by atoms with Crippen molar-refractivity contribution < 1.29 is 4.79 Å². The van der Waals surface area contributed by atoms with E-state index in [0.29, 0.717) is 5.91 Å². The first-order valence-electron chi connectivity index (χ1n) is 6.57. The van der Waals surface area contributed by atoms with Crippen LogP contribution in [0.3, 0.4) is 0 Å². The predicted molar refractivity (Wildman–Crippen MR) is 73.3 cm³/mol. The SMILES string of the molecule is CC1(C)CN(C(=O)C2(C)CCCNC2)CCS1. The summed E-state index contributed by atoms with van der Waals surface area (Å²) in [5.74, 6) is 1.43. The molecule has 3 nitrogen and oxygen atoms in total. The molecule has 0 aliphatic carbocycles. The molecule has 0 aromatic carbocycles. The lowest BCUT2D eigenvalue weighted by molar-refractivity contribution is -0.142. The summed E-state index contributed by atoms with van der Waals surface area (Å²) in [4.78, 5) is 14.7. The van der Waals surface area contributed by atoms with E-state index >= 15 is 0 Å². The van der Waals surface area contributed by atoms with Crippen molar-refractivity contribution in [2.45, 2.75) is 38.4 Å². The van der Waals surface area contributed by atoms with Crippen molar-refractivity contribution in [2.75, 3.05) is 31.9 Å². The summed E-state index contributed by atoms with van der Waals surface area (Å²) in [5.41, 5.74) is -0.170. The highest BCUT2D eigenvalue weighted by molar-refractivity contribution is 8.00. The maximum Gasteiger partial charge on any atom is 0.229 e. The van der Waals surface area contributed by atoms with Crippen molar-refractivity contribution in [2.24, 2.45) is 5.41 Å². The summed E-state index contributed by atoms with van der Waals surface area (Å²) < 4.78 is 0.215. The molecule has 0 spiro atoms. The van der Waals surface area contributed by atoms with Crippen LogP contribution in [-0.2, 0) is 4.79 Å². The van der Waals surface area contributed by atoms with Crippen LogP contribution in [0, 0.1) is 5.41 Å². The summed E-state index contributed by atoms with van der Waals surface area (Å²) >= 11 is 1.98. The van der Waals surface area contributed by atoms with Gasteiger partial charge in [-0.2, -0.15) is 11.8 Å². The van der Waals surface area contributed by atoms with Gasteiger partial charge in [0.25, 0.3) is 0 Å². The fraction of sp³-hybridized carbons (Fsp3) is 0.923. The first-order valence-corrected chi connectivity index (χ1v) is 7.56. The highest BCUT2D eigenvalue weighted by atomic mass is 32.2. The van der Waals surface area contributed by atoms with Crippen LogP contribution >= 0.6 is 11.8 Å². The molecule has 1 unspecified atom stereocenters. The molecule has 0 saturated carbocycles. The van der Waals surface area contributed by atoms with Crippen molar-refractivity contribution in [3.05, 3.63) is 0 Å². The van der Waals surface area contributed by atoms with E-state index in [-0.39, 0.29) is 10.2 Å². The van der Waals surface area contributed by atoms with E-state index in [1.54, 1.807) is 0 Å². The van der Waals surface area contributed by atoms with E-state index in [2.05, 4.69) is 31.0 Å². The van der Waals surface area contributed by atoms with Crippen LogP contribution in [-0.4, -0.2) is 47.5 Å². The maximum absolute atomic E-state index is 12.6. The number of hydrogen-bond acceptors (Lipinski definition) is 3. The molecule has 1 amide bonds. The number of thioether (sulfide) groups is 1. The molecule has 0 bridgehead atoms. The van der Waals surface area contributed by atoms with Crippen LogP contribution in [0.1, 0.15) is 33.6 Å². The van der Waals surface area contributed by atoms with Gasteiger partial charge in [-0.1, -0.05) is 0 Å². The Morgan fingerprint density at radius 1 is 1.35 bits per heavy atom. The van der Waals surface area contributed by atoms with Crippen molar-refractivity contribution in [3.63, 3.8) is 0 Å². The van der Waals surface area contributed by atoms with Crippen molar-refractivity contribution in [1.29, 1.82) is 0 Å². The molecule has 1 atom stereocenters. The van der Waals surface area contributed by atoms with Gasteiger partial charge in [0.2, 0.25) is 5.91 Å². The van der Waals surface area contributed by atoms with E-state index < -0.39 is 0 Å². The van der Waals surface area contributed by atoms with Crippen molar-refractivity contribution in [1.82, 2.24) is 10.2 Å². The highest BCUT2D eigenvalue weighted by Gasteiger charge is 2.40. The average molecular weight is 256 g/mol. The van der Waals surface area contributed by atoms with Gasteiger partial charge in [0.15, 0.2) is 0 Å². The Hall–Kier alpha value is -0.220. The third kappa shape index (κ3) is 2.97. The normalized spacial score (nSPS) is 33.5. The second-order valence-electron chi connectivity index (χ2n) is 6.18. The fourth-order valence-corrected chi connectivity index (χ4v) is 3.92. The lowest BCUT2D eigenvalue weighted by Gasteiger charge is -2.43. The second-order valence-corrected chi connectivity index (χ2v) is 7.98. The van der Waals surface area contributed by atoms with E-state index in [1.165, 1.54) is 0 Å². The smallest absolute Gasteiger partial charge is 0.229 e. The zero-order valence-corrected chi connectivity index (χ0v) is 12.0. The molecule has 98 valence electrons. The number of carbonyl (C=O) groups excluding carboxylic acids is 1. The number of hydrogen-bond donors (Lipinski definition) is 1. The maximum atomic E-state index is 12.6. The summed E-state index contributed by atoms with van der Waals surface area (Å²) in [6.07, 6.45) is 2.15. The fourth-order valence-electron chi connectivity index (χ4n) is 2.81. The minimum absolute atomic E-state index is 0.170. The van der Waals surface area contributed by atoms with Gasteiger partial charge in [-0.3, -0.25) is 4.79 Å². The third-order valence-electron chi connectivity index (χ3n) is 3.83. The molecule has 0 radical (unpaired) electrons. The predicted octanol–water partition coefficient (Wildman–Crippen LogP) is 1.73. The third-order valence-corrected chi connectivity index (χ3v) is 5.12. The molecule has 2 heterocycles. The molecule has 0 aromatic rings. The van der Waals surface area contributed by atoms with Gasteiger partial charge >= 0.3 is 0 Å². The molecule has 1 N–H and O–H groups in total. The second kappa shape index (κ2) is 4.81. The van der Waals surface area contributed by atoms with E-state index in [4.69, 9.17) is 0 Å². The first kappa shape index (κ1) is 13.2. The molecule has 17 heavy (non-hydrogen) atoms. The quantitative estimate of drug-likeness (QED) is 0.775. The molecule has 2 fully saturated rings. The Kier molecular flexibility index (Phi) is 3.74. The largest absolute Gasteiger partial charge is 0.340 e. The Balaban J connectivity index is 2.03. The Morgan fingerprint density at radius 2 is 2.12 bits per heavy atom. The Morgan fingerprint density at radius 3 is 2.71 bits per heavy atom. The number of carbonyl (C=O) groups is 1. The number of rotatable bonds is 1. The highest BCUT2D eigenvalue weighted by Crippen LogP contribution is 2.34. The molecule has 4 heteroatoms. The molecular formula is C13H24N2OS. The minimum atomic E-state index is -0.170. The number of amides is 1. The Labute approximate surface area is 109 Å². The number of piperidine rings is 1. The lowest BCUT2D eigenvalue weighted by atomic mass is 9.81.